The summed E-state index contributed by atoms with van der Waals surface area (Å²) in [5.41, 5.74) is 2.40. The molecule has 0 radical (unpaired) electrons. The van der Waals surface area contributed by atoms with E-state index in [2.05, 4.69) is 15.1 Å². The van der Waals surface area contributed by atoms with E-state index in [1.807, 2.05) is 43.6 Å². The Morgan fingerprint density at radius 1 is 1.35 bits per heavy atom. The van der Waals surface area contributed by atoms with Gasteiger partial charge in [-0.2, -0.15) is 5.10 Å². The summed E-state index contributed by atoms with van der Waals surface area (Å²) in [7, 11) is 0. The van der Waals surface area contributed by atoms with Crippen molar-refractivity contribution in [1.29, 1.82) is 0 Å². The standard InChI is InChI=1S/C18H25N3O2/c1-14-4-2-3-5-18(14)23-13-17(22)12-21-8-6-15(7-9-21)16-10-19-20-11-16/h2-5,10-11,15,17,22H,6-9,12-13H2,1H3,(H,19,20)/t17-/m0/s1. The predicted octanol–water partition coefficient (Wildman–Crippen LogP) is 2.34. The van der Waals surface area contributed by atoms with E-state index in [0.29, 0.717) is 19.1 Å². The van der Waals surface area contributed by atoms with E-state index < -0.39 is 6.10 Å². The third kappa shape index (κ3) is 4.33. The lowest BCUT2D eigenvalue weighted by Gasteiger charge is -2.32. The molecule has 3 rings (SSSR count). The van der Waals surface area contributed by atoms with Crippen LogP contribution in [-0.4, -0.2) is 52.5 Å². The van der Waals surface area contributed by atoms with Crippen LogP contribution in [0.2, 0.25) is 0 Å². The quantitative estimate of drug-likeness (QED) is 0.859. The van der Waals surface area contributed by atoms with Gasteiger partial charge >= 0.3 is 0 Å². The first-order valence-corrected chi connectivity index (χ1v) is 8.30. The Labute approximate surface area is 137 Å². The Hall–Kier alpha value is -1.85. The average Bonchev–Trinajstić information content (AvgIpc) is 3.09. The highest BCUT2D eigenvalue weighted by atomic mass is 16.5. The number of β-amino-alcohol motifs (C(OH)–C–C–N with tert-alkyl or cyclic N) is 1. The Balaban J connectivity index is 1.41. The number of H-pyrrole nitrogens is 1. The lowest BCUT2D eigenvalue weighted by molar-refractivity contribution is 0.0592. The van der Waals surface area contributed by atoms with Gasteiger partial charge in [0.15, 0.2) is 0 Å². The molecule has 5 heteroatoms. The number of aromatic amines is 1. The number of nitrogens with zero attached hydrogens (tertiary/aromatic N) is 2. The summed E-state index contributed by atoms with van der Waals surface area (Å²) < 4.78 is 5.73. The smallest absolute Gasteiger partial charge is 0.122 e. The van der Waals surface area contributed by atoms with E-state index in [-0.39, 0.29) is 0 Å². The minimum Gasteiger partial charge on any atom is -0.491 e. The molecule has 0 spiro atoms. The Morgan fingerprint density at radius 3 is 2.83 bits per heavy atom. The highest BCUT2D eigenvalue weighted by molar-refractivity contribution is 5.31. The average molecular weight is 315 g/mol. The highest BCUT2D eigenvalue weighted by Crippen LogP contribution is 2.27. The molecule has 1 aromatic carbocycles. The summed E-state index contributed by atoms with van der Waals surface area (Å²) in [6.45, 7) is 5.05. The number of aryl methyl sites for hydroxylation is 1. The molecule has 1 aliphatic rings. The van der Waals surface area contributed by atoms with Gasteiger partial charge in [-0.3, -0.25) is 5.10 Å². The molecule has 1 fully saturated rings. The molecule has 0 unspecified atom stereocenters. The maximum absolute atomic E-state index is 10.2. The Morgan fingerprint density at radius 2 is 2.13 bits per heavy atom. The second kappa shape index (κ2) is 7.62. The molecule has 0 amide bonds. The van der Waals surface area contributed by atoms with Crippen LogP contribution in [0, 0.1) is 6.92 Å². The summed E-state index contributed by atoms with van der Waals surface area (Å²) in [5, 5.41) is 17.1. The maximum atomic E-state index is 10.2. The number of hydrogen-bond acceptors (Lipinski definition) is 4. The molecule has 1 aliphatic heterocycles. The zero-order chi connectivity index (χ0) is 16.1. The van der Waals surface area contributed by atoms with Gasteiger partial charge in [-0.15, -0.1) is 0 Å². The summed E-state index contributed by atoms with van der Waals surface area (Å²) in [6.07, 6.45) is 5.69. The van der Waals surface area contributed by atoms with Gasteiger partial charge in [0.2, 0.25) is 0 Å². The summed E-state index contributed by atoms with van der Waals surface area (Å²) >= 11 is 0. The van der Waals surface area contributed by atoms with Gasteiger partial charge in [0.1, 0.15) is 18.5 Å². The number of aliphatic hydroxyl groups excluding tert-OH is 1. The van der Waals surface area contributed by atoms with Crippen molar-refractivity contribution in [1.82, 2.24) is 15.1 Å². The lowest BCUT2D eigenvalue weighted by atomic mass is 9.91. The lowest BCUT2D eigenvalue weighted by Crippen LogP contribution is -2.40. The first kappa shape index (κ1) is 16.0. The van der Waals surface area contributed by atoms with Crippen LogP contribution in [0.15, 0.2) is 36.7 Å². The molecular formula is C18H25N3O2. The summed E-state index contributed by atoms with van der Waals surface area (Å²) in [5.74, 6) is 1.44. The van der Waals surface area contributed by atoms with Crippen molar-refractivity contribution in [2.75, 3.05) is 26.2 Å². The van der Waals surface area contributed by atoms with Crippen molar-refractivity contribution < 1.29 is 9.84 Å². The van der Waals surface area contributed by atoms with Crippen molar-refractivity contribution >= 4 is 0 Å². The molecule has 2 aromatic rings. The number of hydrogen-bond donors (Lipinski definition) is 2. The number of nitrogens with one attached hydrogen (secondary N) is 1. The monoisotopic (exact) mass is 315 g/mol. The minimum absolute atomic E-state index is 0.340. The van der Waals surface area contributed by atoms with Gasteiger partial charge in [0.25, 0.3) is 0 Å². The molecule has 1 aromatic heterocycles. The highest BCUT2D eigenvalue weighted by Gasteiger charge is 2.22. The zero-order valence-corrected chi connectivity index (χ0v) is 13.6. The van der Waals surface area contributed by atoms with Crippen LogP contribution in [0.4, 0.5) is 0 Å². The van der Waals surface area contributed by atoms with E-state index in [0.717, 1.165) is 37.2 Å². The first-order chi connectivity index (χ1) is 11.2. The van der Waals surface area contributed by atoms with Crippen molar-refractivity contribution in [2.45, 2.75) is 31.8 Å². The third-order valence-corrected chi connectivity index (χ3v) is 4.57. The number of piperidine rings is 1. The van der Waals surface area contributed by atoms with Crippen LogP contribution in [0.5, 0.6) is 5.75 Å². The maximum Gasteiger partial charge on any atom is 0.122 e. The summed E-state index contributed by atoms with van der Waals surface area (Å²) in [6, 6.07) is 7.90. The number of aromatic nitrogens is 2. The van der Waals surface area contributed by atoms with E-state index in [9.17, 15) is 5.11 Å². The summed E-state index contributed by atoms with van der Waals surface area (Å²) in [4.78, 5) is 2.32. The van der Waals surface area contributed by atoms with E-state index in [1.54, 1.807) is 0 Å². The Bertz CT molecular complexity index is 592. The van der Waals surface area contributed by atoms with Crippen molar-refractivity contribution in [3.63, 3.8) is 0 Å². The van der Waals surface area contributed by atoms with Gasteiger partial charge in [-0.25, -0.2) is 0 Å². The largest absolute Gasteiger partial charge is 0.491 e. The molecule has 0 saturated carbocycles. The number of benzene rings is 1. The van der Waals surface area contributed by atoms with Crippen LogP contribution in [-0.2, 0) is 0 Å². The van der Waals surface area contributed by atoms with E-state index >= 15 is 0 Å². The zero-order valence-electron chi connectivity index (χ0n) is 13.6. The van der Waals surface area contributed by atoms with E-state index in [1.165, 1.54) is 5.56 Å². The number of rotatable bonds is 6. The molecular weight excluding hydrogens is 290 g/mol. The fraction of sp³-hybridized carbons (Fsp3) is 0.500. The van der Waals surface area contributed by atoms with Gasteiger partial charge in [0, 0.05) is 12.7 Å². The fourth-order valence-electron chi connectivity index (χ4n) is 3.19. The fourth-order valence-corrected chi connectivity index (χ4v) is 3.19. The van der Waals surface area contributed by atoms with Crippen LogP contribution < -0.4 is 4.74 Å². The first-order valence-electron chi connectivity index (χ1n) is 8.30. The van der Waals surface area contributed by atoms with Gasteiger partial charge in [0.05, 0.1) is 6.20 Å². The third-order valence-electron chi connectivity index (χ3n) is 4.57. The van der Waals surface area contributed by atoms with Crippen LogP contribution in [0.25, 0.3) is 0 Å². The van der Waals surface area contributed by atoms with Crippen molar-refractivity contribution in [3.8, 4) is 5.75 Å². The molecule has 2 N–H and O–H groups in total. The number of aliphatic hydroxyl groups is 1. The SMILES string of the molecule is Cc1ccccc1OC[C@@H](O)CN1CCC(c2cn[nH]c2)CC1. The number of para-hydroxylation sites is 1. The Kier molecular flexibility index (Phi) is 5.31. The second-order valence-electron chi connectivity index (χ2n) is 6.34. The minimum atomic E-state index is -0.458. The van der Waals surface area contributed by atoms with E-state index in [4.69, 9.17) is 4.74 Å². The second-order valence-corrected chi connectivity index (χ2v) is 6.34. The van der Waals surface area contributed by atoms with Gasteiger partial charge in [-0.05, 0) is 56.0 Å². The molecule has 23 heavy (non-hydrogen) atoms. The van der Waals surface area contributed by atoms with Crippen LogP contribution in [0.1, 0.15) is 29.9 Å². The van der Waals surface area contributed by atoms with Crippen molar-refractivity contribution in [3.05, 3.63) is 47.8 Å². The van der Waals surface area contributed by atoms with Crippen LogP contribution in [0.3, 0.4) is 0 Å². The molecule has 0 bridgehead atoms. The molecule has 5 nitrogen and oxygen atoms in total. The van der Waals surface area contributed by atoms with Gasteiger partial charge in [-0.1, -0.05) is 18.2 Å². The molecule has 1 saturated heterocycles. The predicted molar refractivity (Wildman–Crippen MR) is 89.7 cm³/mol. The number of likely N-dealkylation sites (tertiary alicyclic amines) is 1. The van der Waals surface area contributed by atoms with Gasteiger partial charge < -0.3 is 14.7 Å². The molecule has 1 atom stereocenters. The van der Waals surface area contributed by atoms with Crippen molar-refractivity contribution in [2.24, 2.45) is 0 Å². The molecule has 0 aliphatic carbocycles. The molecule has 124 valence electrons. The topological polar surface area (TPSA) is 61.4 Å². The van der Waals surface area contributed by atoms with Crippen LogP contribution >= 0.6 is 0 Å². The number of ether oxygens (including phenoxy) is 1. The molecule has 2 heterocycles. The normalized spacial score (nSPS) is 18.0.